The van der Waals surface area contributed by atoms with E-state index in [2.05, 4.69) is 12.2 Å². The first-order valence-electron chi connectivity index (χ1n) is 7.44. The summed E-state index contributed by atoms with van der Waals surface area (Å²) in [7, 11) is 0. The molecule has 1 aliphatic heterocycles. The van der Waals surface area contributed by atoms with Gasteiger partial charge in [0.25, 0.3) is 5.91 Å². The zero-order valence-electron chi connectivity index (χ0n) is 12.4. The highest BCUT2D eigenvalue weighted by molar-refractivity contribution is 5.97. The van der Waals surface area contributed by atoms with Crippen LogP contribution in [0.5, 0.6) is 5.75 Å². The van der Waals surface area contributed by atoms with Gasteiger partial charge in [-0.3, -0.25) is 4.79 Å². The highest BCUT2D eigenvalue weighted by Crippen LogP contribution is 2.21. The van der Waals surface area contributed by atoms with Crippen LogP contribution in [0.3, 0.4) is 0 Å². The third-order valence-electron chi connectivity index (χ3n) is 3.77. The second-order valence-electron chi connectivity index (χ2n) is 5.57. The molecule has 2 N–H and O–H groups in total. The van der Waals surface area contributed by atoms with Gasteiger partial charge in [0.15, 0.2) is 0 Å². The molecule has 1 saturated heterocycles. The number of nitrogens with zero attached hydrogens (tertiary/aromatic N) is 1. The Morgan fingerprint density at radius 2 is 2.30 bits per heavy atom. The molecule has 4 heteroatoms. The highest BCUT2D eigenvalue weighted by atomic mass is 16.3. The van der Waals surface area contributed by atoms with E-state index in [1.807, 2.05) is 17.9 Å². The van der Waals surface area contributed by atoms with Gasteiger partial charge in [-0.2, -0.15) is 0 Å². The molecular formula is C16H24N2O2. The summed E-state index contributed by atoms with van der Waals surface area (Å²) < 4.78 is 0. The van der Waals surface area contributed by atoms with Crippen molar-refractivity contribution in [1.82, 2.24) is 10.2 Å². The first-order chi connectivity index (χ1) is 9.61. The molecule has 1 atom stereocenters. The van der Waals surface area contributed by atoms with Crippen LogP contribution < -0.4 is 5.32 Å². The zero-order valence-corrected chi connectivity index (χ0v) is 12.4. The van der Waals surface area contributed by atoms with Gasteiger partial charge in [-0.1, -0.05) is 18.6 Å². The van der Waals surface area contributed by atoms with Crippen LogP contribution >= 0.6 is 0 Å². The van der Waals surface area contributed by atoms with Crippen LogP contribution in [0.1, 0.15) is 42.1 Å². The molecule has 1 amide bonds. The van der Waals surface area contributed by atoms with Gasteiger partial charge in [-0.05, 0) is 44.9 Å². The summed E-state index contributed by atoms with van der Waals surface area (Å²) in [5.41, 5.74) is 1.40. The summed E-state index contributed by atoms with van der Waals surface area (Å²) in [6.07, 6.45) is 3.22. The van der Waals surface area contributed by atoms with Gasteiger partial charge in [0.2, 0.25) is 0 Å². The van der Waals surface area contributed by atoms with E-state index in [1.54, 1.807) is 12.1 Å². The number of benzene rings is 1. The van der Waals surface area contributed by atoms with E-state index in [1.165, 1.54) is 6.42 Å². The van der Waals surface area contributed by atoms with E-state index in [0.29, 0.717) is 11.6 Å². The Morgan fingerprint density at radius 3 is 2.95 bits per heavy atom. The Morgan fingerprint density at radius 1 is 1.50 bits per heavy atom. The number of hydrogen-bond acceptors (Lipinski definition) is 3. The normalized spacial score (nSPS) is 18.2. The lowest BCUT2D eigenvalue weighted by Gasteiger charge is -2.26. The molecule has 0 spiro atoms. The Kier molecular flexibility index (Phi) is 5.01. The maximum atomic E-state index is 12.6. The molecule has 0 aliphatic carbocycles. The Balaban J connectivity index is 2.14. The predicted molar refractivity (Wildman–Crippen MR) is 80.1 cm³/mol. The molecule has 1 unspecified atom stereocenters. The maximum absolute atomic E-state index is 12.6. The first kappa shape index (κ1) is 14.9. The maximum Gasteiger partial charge on any atom is 0.257 e. The summed E-state index contributed by atoms with van der Waals surface area (Å²) in [6.45, 7) is 6.48. The molecule has 1 aromatic carbocycles. The van der Waals surface area contributed by atoms with Crippen molar-refractivity contribution in [3.05, 3.63) is 29.3 Å². The van der Waals surface area contributed by atoms with Gasteiger partial charge in [-0.15, -0.1) is 0 Å². The standard InChI is InChI=1S/C16H24N2O2/c1-3-9-18(11-13-5-4-8-17-13)16(20)14-10-12(2)6-7-15(14)19/h6-7,10,13,17,19H,3-5,8-9,11H2,1-2H3. The monoisotopic (exact) mass is 276 g/mol. The minimum absolute atomic E-state index is 0.0678. The Bertz CT molecular complexity index is 468. The Hall–Kier alpha value is -1.55. The summed E-state index contributed by atoms with van der Waals surface area (Å²) in [5.74, 6) is 0.00262. The lowest BCUT2D eigenvalue weighted by molar-refractivity contribution is 0.0738. The molecule has 110 valence electrons. The van der Waals surface area contributed by atoms with Crippen molar-refractivity contribution in [3.8, 4) is 5.75 Å². The van der Waals surface area contributed by atoms with Crippen LogP contribution in [-0.4, -0.2) is 41.6 Å². The third kappa shape index (κ3) is 3.51. The van der Waals surface area contributed by atoms with E-state index in [4.69, 9.17) is 0 Å². The van der Waals surface area contributed by atoms with Crippen LogP contribution in [0.2, 0.25) is 0 Å². The lowest BCUT2D eigenvalue weighted by atomic mass is 10.1. The molecule has 1 heterocycles. The van der Waals surface area contributed by atoms with Crippen molar-refractivity contribution in [1.29, 1.82) is 0 Å². The van der Waals surface area contributed by atoms with Gasteiger partial charge >= 0.3 is 0 Å². The second kappa shape index (κ2) is 6.75. The van der Waals surface area contributed by atoms with Crippen molar-refractivity contribution < 1.29 is 9.90 Å². The second-order valence-corrected chi connectivity index (χ2v) is 5.57. The summed E-state index contributed by atoms with van der Waals surface area (Å²) in [4.78, 5) is 14.5. The summed E-state index contributed by atoms with van der Waals surface area (Å²) in [6, 6.07) is 5.56. The number of aromatic hydroxyl groups is 1. The molecular weight excluding hydrogens is 252 g/mol. The molecule has 1 fully saturated rings. The number of carbonyl (C=O) groups excluding carboxylic acids is 1. The smallest absolute Gasteiger partial charge is 0.257 e. The predicted octanol–water partition coefficient (Wildman–Crippen LogP) is 2.30. The van der Waals surface area contributed by atoms with Crippen LogP contribution in [0, 0.1) is 6.92 Å². The molecule has 20 heavy (non-hydrogen) atoms. The molecule has 0 bridgehead atoms. The number of phenols is 1. The average Bonchev–Trinajstić information content (AvgIpc) is 2.93. The fraction of sp³-hybridized carbons (Fsp3) is 0.562. The molecule has 0 saturated carbocycles. The van der Waals surface area contributed by atoms with E-state index in [9.17, 15) is 9.90 Å². The van der Waals surface area contributed by atoms with Gasteiger partial charge in [0.05, 0.1) is 5.56 Å². The van der Waals surface area contributed by atoms with Crippen LogP contribution in [0.4, 0.5) is 0 Å². The largest absolute Gasteiger partial charge is 0.507 e. The minimum Gasteiger partial charge on any atom is -0.507 e. The number of phenolic OH excluding ortho intramolecular Hbond substituents is 1. The van der Waals surface area contributed by atoms with E-state index < -0.39 is 0 Å². The number of rotatable bonds is 5. The number of carbonyl (C=O) groups is 1. The summed E-state index contributed by atoms with van der Waals surface area (Å²) in [5, 5.41) is 13.3. The molecule has 0 aromatic heterocycles. The van der Waals surface area contributed by atoms with Crippen molar-refractivity contribution in [3.63, 3.8) is 0 Å². The summed E-state index contributed by atoms with van der Waals surface area (Å²) >= 11 is 0. The highest BCUT2D eigenvalue weighted by Gasteiger charge is 2.23. The van der Waals surface area contributed by atoms with Crippen molar-refractivity contribution >= 4 is 5.91 Å². The number of hydrogen-bond donors (Lipinski definition) is 2. The SMILES string of the molecule is CCCN(CC1CCCN1)C(=O)c1cc(C)ccc1O. The van der Waals surface area contributed by atoms with Crippen molar-refractivity contribution in [2.45, 2.75) is 39.2 Å². The number of amides is 1. The average molecular weight is 276 g/mol. The van der Waals surface area contributed by atoms with E-state index in [0.717, 1.165) is 38.0 Å². The topological polar surface area (TPSA) is 52.6 Å². The lowest BCUT2D eigenvalue weighted by Crippen LogP contribution is -2.41. The minimum atomic E-state index is -0.0678. The molecule has 2 rings (SSSR count). The Labute approximate surface area is 120 Å². The van der Waals surface area contributed by atoms with E-state index >= 15 is 0 Å². The van der Waals surface area contributed by atoms with E-state index in [-0.39, 0.29) is 11.7 Å². The first-order valence-corrected chi connectivity index (χ1v) is 7.44. The van der Waals surface area contributed by atoms with Crippen LogP contribution in [-0.2, 0) is 0 Å². The fourth-order valence-corrected chi connectivity index (χ4v) is 2.72. The van der Waals surface area contributed by atoms with Gasteiger partial charge in [-0.25, -0.2) is 0 Å². The third-order valence-corrected chi connectivity index (χ3v) is 3.77. The molecule has 0 radical (unpaired) electrons. The molecule has 1 aliphatic rings. The zero-order chi connectivity index (χ0) is 14.5. The number of aryl methyl sites for hydroxylation is 1. The van der Waals surface area contributed by atoms with Gasteiger partial charge in [0.1, 0.15) is 5.75 Å². The van der Waals surface area contributed by atoms with Crippen LogP contribution in [0.25, 0.3) is 0 Å². The molecule has 1 aromatic rings. The molecule has 4 nitrogen and oxygen atoms in total. The van der Waals surface area contributed by atoms with Crippen molar-refractivity contribution in [2.24, 2.45) is 0 Å². The number of nitrogens with one attached hydrogen (secondary N) is 1. The van der Waals surface area contributed by atoms with Crippen molar-refractivity contribution in [2.75, 3.05) is 19.6 Å². The van der Waals surface area contributed by atoms with Gasteiger partial charge in [0, 0.05) is 19.1 Å². The fourth-order valence-electron chi connectivity index (χ4n) is 2.72. The van der Waals surface area contributed by atoms with Crippen LogP contribution in [0.15, 0.2) is 18.2 Å². The quantitative estimate of drug-likeness (QED) is 0.867. The van der Waals surface area contributed by atoms with Gasteiger partial charge < -0.3 is 15.3 Å².